The number of ether oxygens (including phenoxy) is 1. The van der Waals surface area contributed by atoms with Gasteiger partial charge in [0.05, 0.1) is 25.1 Å². The van der Waals surface area contributed by atoms with E-state index in [4.69, 9.17) is 9.73 Å². The van der Waals surface area contributed by atoms with Crippen LogP contribution in [0.5, 0.6) is 0 Å². The third-order valence-electron chi connectivity index (χ3n) is 6.54. The zero-order valence-corrected chi connectivity index (χ0v) is 18.4. The number of aromatic nitrogens is 1. The lowest BCUT2D eigenvalue weighted by atomic mass is 9.96. The van der Waals surface area contributed by atoms with E-state index in [0.29, 0.717) is 32.7 Å². The van der Waals surface area contributed by atoms with Gasteiger partial charge in [-0.2, -0.15) is 0 Å². The molecule has 2 aliphatic heterocycles. The molecule has 1 atom stereocenters. The molecule has 0 radical (unpaired) electrons. The molecular formula is C25H29N5O2. The van der Waals surface area contributed by atoms with Gasteiger partial charge in [-0.1, -0.05) is 36.4 Å². The molecule has 7 heteroatoms. The van der Waals surface area contributed by atoms with Crippen LogP contribution in [-0.4, -0.2) is 60.5 Å². The van der Waals surface area contributed by atoms with Crippen molar-refractivity contribution in [2.45, 2.75) is 24.9 Å². The standard InChI is InChI=1S/C25H29N5O2/c1-32-13-11-26-24-25(28-16-18-6-2-4-8-21(18)29-24)10-12-30(17-25)23(31)14-19-15-27-22-9-5-3-7-20(19)22/h2-9,15,27-28H,10-14,16-17H2,1H3,(H,26,29). The second kappa shape index (κ2) is 8.76. The second-order valence-electron chi connectivity index (χ2n) is 8.54. The summed E-state index contributed by atoms with van der Waals surface area (Å²) in [7, 11) is 1.69. The number of amidine groups is 1. The highest BCUT2D eigenvalue weighted by molar-refractivity contribution is 6.04. The molecule has 0 saturated carbocycles. The SMILES string of the molecule is COCCN=C1Nc2ccccc2CNC12CCN(C(=O)Cc1c[nH]c3ccccc13)C2. The van der Waals surface area contributed by atoms with Gasteiger partial charge in [-0.25, -0.2) is 0 Å². The second-order valence-corrected chi connectivity index (χ2v) is 8.54. The quantitative estimate of drug-likeness (QED) is 0.543. The van der Waals surface area contributed by atoms with Gasteiger partial charge in [0.2, 0.25) is 5.91 Å². The number of para-hydroxylation sites is 2. The summed E-state index contributed by atoms with van der Waals surface area (Å²) in [6.07, 6.45) is 3.16. The molecule has 5 rings (SSSR count). The van der Waals surface area contributed by atoms with Gasteiger partial charge >= 0.3 is 0 Å². The third-order valence-corrected chi connectivity index (χ3v) is 6.54. The number of fused-ring (bicyclic) bond motifs is 2. The van der Waals surface area contributed by atoms with E-state index in [9.17, 15) is 4.79 Å². The molecule has 1 amide bonds. The van der Waals surface area contributed by atoms with Gasteiger partial charge in [-0.05, 0) is 29.7 Å². The molecule has 166 valence electrons. The maximum absolute atomic E-state index is 13.3. The maximum atomic E-state index is 13.3. The number of H-pyrrole nitrogens is 1. The number of anilines is 1. The zero-order chi connectivity index (χ0) is 22.0. The first-order chi connectivity index (χ1) is 15.7. The first kappa shape index (κ1) is 20.7. The summed E-state index contributed by atoms with van der Waals surface area (Å²) < 4.78 is 5.22. The van der Waals surface area contributed by atoms with Gasteiger partial charge in [0.1, 0.15) is 5.84 Å². The van der Waals surface area contributed by atoms with Crippen LogP contribution < -0.4 is 10.6 Å². The van der Waals surface area contributed by atoms with E-state index >= 15 is 0 Å². The van der Waals surface area contributed by atoms with Crippen LogP contribution >= 0.6 is 0 Å². The Morgan fingerprint density at radius 1 is 1.19 bits per heavy atom. The van der Waals surface area contributed by atoms with Crippen LogP contribution in [0, 0.1) is 0 Å². The summed E-state index contributed by atoms with van der Waals surface area (Å²) in [5.41, 5.74) is 3.99. The fourth-order valence-electron chi connectivity index (χ4n) is 4.74. The molecule has 7 nitrogen and oxygen atoms in total. The Hall–Kier alpha value is -3.16. The minimum Gasteiger partial charge on any atom is -0.383 e. The number of likely N-dealkylation sites (tertiary alicyclic amines) is 1. The van der Waals surface area contributed by atoms with Gasteiger partial charge in [0.25, 0.3) is 0 Å². The predicted octanol–water partition coefficient (Wildman–Crippen LogP) is 2.94. The minimum atomic E-state index is -0.386. The topological polar surface area (TPSA) is 81.8 Å². The number of rotatable bonds is 5. The molecule has 3 aromatic rings. The van der Waals surface area contributed by atoms with Crippen LogP contribution in [0.4, 0.5) is 5.69 Å². The number of amides is 1. The van der Waals surface area contributed by atoms with Crippen LogP contribution in [0.15, 0.2) is 59.7 Å². The van der Waals surface area contributed by atoms with Crippen molar-refractivity contribution in [2.75, 3.05) is 38.7 Å². The van der Waals surface area contributed by atoms with Crippen LogP contribution in [0.2, 0.25) is 0 Å². The smallest absolute Gasteiger partial charge is 0.227 e. The van der Waals surface area contributed by atoms with E-state index in [1.807, 2.05) is 41.4 Å². The number of aliphatic imine (C=N–C) groups is 1. The summed E-state index contributed by atoms with van der Waals surface area (Å²) in [4.78, 5) is 23.4. The van der Waals surface area contributed by atoms with Crippen LogP contribution in [0.25, 0.3) is 10.9 Å². The summed E-state index contributed by atoms with van der Waals surface area (Å²) in [5, 5.41) is 8.41. The normalized spacial score (nSPS) is 21.7. The number of nitrogens with one attached hydrogen (secondary N) is 3. The van der Waals surface area contributed by atoms with Crippen molar-refractivity contribution in [1.29, 1.82) is 0 Å². The van der Waals surface area contributed by atoms with Crippen molar-refractivity contribution in [3.8, 4) is 0 Å². The van der Waals surface area contributed by atoms with Crippen molar-refractivity contribution < 1.29 is 9.53 Å². The van der Waals surface area contributed by atoms with Crippen LogP contribution in [0.1, 0.15) is 17.5 Å². The Morgan fingerprint density at radius 3 is 2.94 bits per heavy atom. The van der Waals surface area contributed by atoms with Crippen molar-refractivity contribution in [3.63, 3.8) is 0 Å². The molecule has 32 heavy (non-hydrogen) atoms. The van der Waals surface area contributed by atoms with Gasteiger partial charge < -0.3 is 19.9 Å². The average Bonchev–Trinajstić information content (AvgIpc) is 3.39. The van der Waals surface area contributed by atoms with Gasteiger partial charge in [-0.3, -0.25) is 15.1 Å². The van der Waals surface area contributed by atoms with Gasteiger partial charge in [-0.15, -0.1) is 0 Å². The van der Waals surface area contributed by atoms with E-state index in [0.717, 1.165) is 41.0 Å². The number of methoxy groups -OCH3 is 1. The lowest BCUT2D eigenvalue weighted by Crippen LogP contribution is -2.55. The maximum Gasteiger partial charge on any atom is 0.227 e. The highest BCUT2D eigenvalue weighted by atomic mass is 16.5. The van der Waals surface area contributed by atoms with Gasteiger partial charge in [0.15, 0.2) is 0 Å². The van der Waals surface area contributed by atoms with E-state index in [-0.39, 0.29) is 11.4 Å². The Morgan fingerprint density at radius 2 is 2.03 bits per heavy atom. The number of hydrogen-bond acceptors (Lipinski definition) is 4. The molecule has 2 aliphatic rings. The van der Waals surface area contributed by atoms with Crippen LogP contribution in [0.3, 0.4) is 0 Å². The predicted molar refractivity (Wildman–Crippen MR) is 127 cm³/mol. The highest BCUT2D eigenvalue weighted by Gasteiger charge is 2.45. The molecule has 1 saturated heterocycles. The first-order valence-corrected chi connectivity index (χ1v) is 11.2. The Balaban J connectivity index is 1.37. The lowest BCUT2D eigenvalue weighted by molar-refractivity contribution is -0.129. The lowest BCUT2D eigenvalue weighted by Gasteiger charge is -2.30. The third kappa shape index (κ3) is 3.89. The summed E-state index contributed by atoms with van der Waals surface area (Å²) >= 11 is 0. The van der Waals surface area contributed by atoms with Crippen LogP contribution in [-0.2, 0) is 22.5 Å². The number of nitrogens with zero attached hydrogens (tertiary/aromatic N) is 2. The molecule has 1 aromatic heterocycles. The van der Waals surface area contributed by atoms with E-state index < -0.39 is 0 Å². The fourth-order valence-corrected chi connectivity index (χ4v) is 4.74. The number of carbonyl (C=O) groups excluding carboxylic acids is 1. The highest BCUT2D eigenvalue weighted by Crippen LogP contribution is 2.30. The molecule has 2 aromatic carbocycles. The zero-order valence-electron chi connectivity index (χ0n) is 18.4. The minimum absolute atomic E-state index is 0.145. The van der Waals surface area contributed by atoms with Crippen molar-refractivity contribution >= 4 is 28.3 Å². The number of benzene rings is 2. The monoisotopic (exact) mass is 431 g/mol. The molecule has 3 heterocycles. The van der Waals surface area contributed by atoms with Crippen molar-refractivity contribution in [3.05, 3.63) is 65.9 Å². The molecule has 0 aliphatic carbocycles. The number of hydrogen-bond donors (Lipinski definition) is 3. The summed E-state index contributed by atoms with van der Waals surface area (Å²) in [6.45, 7) is 3.17. The fraction of sp³-hybridized carbons (Fsp3) is 0.360. The van der Waals surface area contributed by atoms with E-state index in [1.54, 1.807) is 7.11 Å². The average molecular weight is 432 g/mol. The summed E-state index contributed by atoms with van der Waals surface area (Å²) in [5.74, 6) is 1.04. The van der Waals surface area contributed by atoms with Gasteiger partial charge in [0, 0.05) is 49.5 Å². The van der Waals surface area contributed by atoms with E-state index in [1.165, 1.54) is 5.56 Å². The Kier molecular flexibility index (Phi) is 5.68. The molecule has 1 spiro atoms. The molecule has 1 unspecified atom stereocenters. The Bertz CT molecular complexity index is 1150. The van der Waals surface area contributed by atoms with E-state index in [2.05, 4.69) is 33.8 Å². The molecule has 3 N–H and O–H groups in total. The van der Waals surface area contributed by atoms with Crippen molar-refractivity contribution in [2.24, 2.45) is 4.99 Å². The molecule has 0 bridgehead atoms. The largest absolute Gasteiger partial charge is 0.383 e. The number of aromatic amines is 1. The molecule has 1 fully saturated rings. The first-order valence-electron chi connectivity index (χ1n) is 11.2. The number of carbonyl (C=O) groups is 1. The Labute approximate surface area is 187 Å². The van der Waals surface area contributed by atoms with Crippen molar-refractivity contribution in [1.82, 2.24) is 15.2 Å². The summed E-state index contributed by atoms with van der Waals surface area (Å²) in [6, 6.07) is 16.4. The molecular weight excluding hydrogens is 402 g/mol.